The number of halogens is 2. The number of phenols is 1. The normalized spacial score (nSPS) is 12.6. The van der Waals surface area contributed by atoms with Crippen molar-refractivity contribution in [2.24, 2.45) is 5.73 Å². The molecule has 3 N–H and O–H groups in total. The summed E-state index contributed by atoms with van der Waals surface area (Å²) in [5, 5.41) is 9.58. The Morgan fingerprint density at radius 1 is 1.67 bits per heavy atom. The standard InChI is InChI=1S/C10H13ClFNO2/c1-5(13)3-6-9(12)7(11)4-8(15-2)10(6)14/h4-5,14H,3,13H2,1-2H3. The Hall–Kier alpha value is -1.00. The molecular weight excluding hydrogens is 221 g/mol. The van der Waals surface area contributed by atoms with E-state index in [0.29, 0.717) is 0 Å². The van der Waals surface area contributed by atoms with Crippen LogP contribution in [-0.4, -0.2) is 18.3 Å². The zero-order chi connectivity index (χ0) is 11.6. The molecule has 3 nitrogen and oxygen atoms in total. The fraction of sp³-hybridized carbons (Fsp3) is 0.400. The Bertz CT molecular complexity index is 369. The molecule has 1 atom stereocenters. The summed E-state index contributed by atoms with van der Waals surface area (Å²) < 4.78 is 18.4. The number of nitrogens with two attached hydrogens (primary N) is 1. The molecule has 0 saturated carbocycles. The summed E-state index contributed by atoms with van der Waals surface area (Å²) in [4.78, 5) is 0. The van der Waals surface area contributed by atoms with Gasteiger partial charge >= 0.3 is 0 Å². The van der Waals surface area contributed by atoms with E-state index in [4.69, 9.17) is 22.1 Å². The summed E-state index contributed by atoms with van der Waals surface area (Å²) in [5.74, 6) is -0.735. The van der Waals surface area contributed by atoms with Crippen LogP contribution in [0.1, 0.15) is 12.5 Å². The van der Waals surface area contributed by atoms with Gasteiger partial charge in [0.25, 0.3) is 0 Å². The molecule has 0 fully saturated rings. The number of benzene rings is 1. The predicted molar refractivity (Wildman–Crippen MR) is 57.0 cm³/mol. The monoisotopic (exact) mass is 233 g/mol. The van der Waals surface area contributed by atoms with E-state index in [9.17, 15) is 9.50 Å². The smallest absolute Gasteiger partial charge is 0.164 e. The number of methoxy groups -OCH3 is 1. The van der Waals surface area contributed by atoms with E-state index < -0.39 is 5.82 Å². The molecule has 0 heterocycles. The minimum Gasteiger partial charge on any atom is -0.504 e. The highest BCUT2D eigenvalue weighted by molar-refractivity contribution is 6.31. The molecule has 1 aromatic carbocycles. The second kappa shape index (κ2) is 4.68. The third-order valence-corrected chi connectivity index (χ3v) is 2.27. The van der Waals surface area contributed by atoms with Crippen molar-refractivity contribution in [2.75, 3.05) is 7.11 Å². The van der Waals surface area contributed by atoms with Gasteiger partial charge in [0.1, 0.15) is 5.82 Å². The van der Waals surface area contributed by atoms with Crippen LogP contribution < -0.4 is 10.5 Å². The van der Waals surface area contributed by atoms with Gasteiger partial charge in [-0.2, -0.15) is 0 Å². The first-order valence-corrected chi connectivity index (χ1v) is 4.84. The van der Waals surface area contributed by atoms with Crippen molar-refractivity contribution in [1.82, 2.24) is 0 Å². The van der Waals surface area contributed by atoms with E-state index in [1.807, 2.05) is 0 Å². The highest BCUT2D eigenvalue weighted by Gasteiger charge is 2.18. The van der Waals surface area contributed by atoms with Crippen molar-refractivity contribution >= 4 is 11.6 Å². The lowest BCUT2D eigenvalue weighted by Crippen LogP contribution is -2.18. The second-order valence-corrected chi connectivity index (χ2v) is 3.79. The number of ether oxygens (including phenoxy) is 1. The highest BCUT2D eigenvalue weighted by atomic mass is 35.5. The molecule has 0 aromatic heterocycles. The Balaban J connectivity index is 3.27. The molecule has 0 radical (unpaired) electrons. The largest absolute Gasteiger partial charge is 0.504 e. The van der Waals surface area contributed by atoms with E-state index in [0.717, 1.165) is 0 Å². The van der Waals surface area contributed by atoms with E-state index >= 15 is 0 Å². The summed E-state index contributed by atoms with van der Waals surface area (Å²) in [6, 6.07) is 0.963. The van der Waals surface area contributed by atoms with Gasteiger partial charge in [0, 0.05) is 17.7 Å². The maximum atomic E-state index is 13.5. The lowest BCUT2D eigenvalue weighted by Gasteiger charge is -2.13. The van der Waals surface area contributed by atoms with Crippen LogP contribution in [0.3, 0.4) is 0 Å². The number of hydrogen-bond acceptors (Lipinski definition) is 3. The lowest BCUT2D eigenvalue weighted by molar-refractivity contribution is 0.366. The van der Waals surface area contributed by atoms with Gasteiger partial charge in [-0.25, -0.2) is 4.39 Å². The van der Waals surface area contributed by atoms with E-state index in [-0.39, 0.29) is 34.5 Å². The minimum atomic E-state index is -0.646. The molecule has 1 rings (SSSR count). The summed E-state index contributed by atoms with van der Waals surface area (Å²) in [6.07, 6.45) is 0.203. The zero-order valence-corrected chi connectivity index (χ0v) is 9.31. The first kappa shape index (κ1) is 12.1. The number of hydrogen-bond donors (Lipinski definition) is 2. The summed E-state index contributed by atoms with van der Waals surface area (Å²) >= 11 is 5.65. The molecule has 1 aromatic rings. The quantitative estimate of drug-likeness (QED) is 0.841. The van der Waals surface area contributed by atoms with Crippen LogP contribution in [0.4, 0.5) is 4.39 Å². The van der Waals surface area contributed by atoms with Gasteiger partial charge in [0.2, 0.25) is 0 Å². The molecule has 84 valence electrons. The van der Waals surface area contributed by atoms with Gasteiger partial charge in [-0.3, -0.25) is 0 Å². The number of phenolic OH excluding ortho intramolecular Hbond substituents is 1. The number of aromatic hydroxyl groups is 1. The topological polar surface area (TPSA) is 55.5 Å². The van der Waals surface area contributed by atoms with Crippen molar-refractivity contribution in [1.29, 1.82) is 0 Å². The van der Waals surface area contributed by atoms with Crippen LogP contribution >= 0.6 is 11.6 Å². The first-order chi connectivity index (χ1) is 6.97. The molecule has 0 aliphatic rings. The molecule has 0 spiro atoms. The summed E-state index contributed by atoms with van der Waals surface area (Å²) in [6.45, 7) is 1.71. The van der Waals surface area contributed by atoms with Gasteiger partial charge in [-0.15, -0.1) is 0 Å². The Morgan fingerprint density at radius 3 is 2.73 bits per heavy atom. The third-order valence-electron chi connectivity index (χ3n) is 2.00. The molecular formula is C10H13ClFNO2. The van der Waals surface area contributed by atoms with E-state index in [1.54, 1.807) is 6.92 Å². The molecule has 0 saturated heterocycles. The SMILES string of the molecule is COc1cc(Cl)c(F)c(CC(C)N)c1O. The minimum absolute atomic E-state index is 0.0831. The van der Waals surface area contributed by atoms with Gasteiger partial charge in [-0.05, 0) is 13.3 Å². The van der Waals surface area contributed by atoms with Crippen LogP contribution in [-0.2, 0) is 6.42 Å². The number of rotatable bonds is 3. The Labute approximate surface area is 92.6 Å². The van der Waals surface area contributed by atoms with Crippen LogP contribution in [0.25, 0.3) is 0 Å². The Kier molecular flexibility index (Phi) is 3.77. The van der Waals surface area contributed by atoms with Gasteiger partial charge in [0.05, 0.1) is 12.1 Å². The third kappa shape index (κ3) is 2.52. The lowest BCUT2D eigenvalue weighted by atomic mass is 10.1. The predicted octanol–water partition coefficient (Wildman–Crippen LogP) is 2.08. The average Bonchev–Trinajstić information content (AvgIpc) is 2.18. The van der Waals surface area contributed by atoms with Crippen LogP contribution in [0, 0.1) is 5.82 Å². The van der Waals surface area contributed by atoms with Crippen molar-refractivity contribution < 1.29 is 14.2 Å². The van der Waals surface area contributed by atoms with Crippen molar-refractivity contribution in [3.63, 3.8) is 0 Å². The first-order valence-electron chi connectivity index (χ1n) is 4.46. The van der Waals surface area contributed by atoms with Crippen molar-refractivity contribution in [3.05, 3.63) is 22.5 Å². The Morgan fingerprint density at radius 2 is 2.27 bits per heavy atom. The highest BCUT2D eigenvalue weighted by Crippen LogP contribution is 2.36. The summed E-state index contributed by atoms with van der Waals surface area (Å²) in [7, 11) is 1.37. The molecule has 0 amide bonds. The van der Waals surface area contributed by atoms with E-state index in [1.165, 1.54) is 13.2 Å². The van der Waals surface area contributed by atoms with Crippen LogP contribution in [0.15, 0.2) is 6.07 Å². The van der Waals surface area contributed by atoms with Crippen molar-refractivity contribution in [3.8, 4) is 11.5 Å². The molecule has 0 aliphatic heterocycles. The maximum Gasteiger partial charge on any atom is 0.164 e. The average molecular weight is 234 g/mol. The van der Waals surface area contributed by atoms with Crippen LogP contribution in [0.5, 0.6) is 11.5 Å². The molecule has 15 heavy (non-hydrogen) atoms. The fourth-order valence-electron chi connectivity index (χ4n) is 1.31. The molecule has 5 heteroatoms. The van der Waals surface area contributed by atoms with Gasteiger partial charge in [-0.1, -0.05) is 11.6 Å². The second-order valence-electron chi connectivity index (χ2n) is 3.38. The van der Waals surface area contributed by atoms with Crippen LogP contribution in [0.2, 0.25) is 5.02 Å². The van der Waals surface area contributed by atoms with E-state index in [2.05, 4.69) is 0 Å². The molecule has 0 bridgehead atoms. The maximum absolute atomic E-state index is 13.5. The fourth-order valence-corrected chi connectivity index (χ4v) is 1.52. The van der Waals surface area contributed by atoms with Crippen molar-refractivity contribution in [2.45, 2.75) is 19.4 Å². The van der Waals surface area contributed by atoms with Gasteiger partial charge < -0.3 is 15.6 Å². The zero-order valence-electron chi connectivity index (χ0n) is 8.55. The molecule has 0 aliphatic carbocycles. The summed E-state index contributed by atoms with van der Waals surface area (Å²) in [5.41, 5.74) is 5.63. The molecule has 1 unspecified atom stereocenters. The van der Waals surface area contributed by atoms with Gasteiger partial charge in [0.15, 0.2) is 11.5 Å².